The Labute approximate surface area is 108 Å². The zero-order valence-electron chi connectivity index (χ0n) is 10.8. The summed E-state index contributed by atoms with van der Waals surface area (Å²) in [6.45, 7) is 6.34. The second kappa shape index (κ2) is 3.89. The van der Waals surface area contributed by atoms with Crippen molar-refractivity contribution in [3.05, 3.63) is 28.3 Å². The van der Waals surface area contributed by atoms with Crippen molar-refractivity contribution < 1.29 is 9.84 Å². The zero-order chi connectivity index (χ0) is 12.8. The van der Waals surface area contributed by atoms with Gasteiger partial charge in [-0.2, -0.15) is 0 Å². The maximum absolute atomic E-state index is 10.3. The van der Waals surface area contributed by atoms with E-state index in [2.05, 4.69) is 20.8 Å². The van der Waals surface area contributed by atoms with Gasteiger partial charge in [-0.05, 0) is 30.4 Å². The molecule has 17 heavy (non-hydrogen) atoms. The monoisotopic (exact) mass is 254 g/mol. The molecular weight excluding hydrogens is 236 g/mol. The number of benzene rings is 1. The molecule has 0 spiro atoms. The first-order valence-corrected chi connectivity index (χ1v) is 6.26. The van der Waals surface area contributed by atoms with Gasteiger partial charge in [0.05, 0.1) is 12.7 Å². The summed E-state index contributed by atoms with van der Waals surface area (Å²) in [6, 6.07) is 3.75. The van der Waals surface area contributed by atoms with Crippen molar-refractivity contribution in [3.8, 4) is 5.75 Å². The molecule has 0 unspecified atom stereocenters. The molecule has 0 bridgehead atoms. The lowest BCUT2D eigenvalue weighted by Gasteiger charge is -2.26. The van der Waals surface area contributed by atoms with Crippen LogP contribution >= 0.6 is 11.6 Å². The maximum Gasteiger partial charge on any atom is 0.128 e. The summed E-state index contributed by atoms with van der Waals surface area (Å²) in [5.74, 6) is 0.780. The average molecular weight is 255 g/mol. The van der Waals surface area contributed by atoms with E-state index in [4.69, 9.17) is 16.3 Å². The Kier molecular flexibility index (Phi) is 2.91. The third-order valence-electron chi connectivity index (χ3n) is 3.29. The molecule has 2 nitrogen and oxygen atoms in total. The van der Waals surface area contributed by atoms with Crippen LogP contribution in [0.25, 0.3) is 0 Å². The number of ether oxygens (including phenoxy) is 1. The molecule has 1 aromatic rings. The summed E-state index contributed by atoms with van der Waals surface area (Å²) in [4.78, 5) is 0. The number of hydrogen-bond donors (Lipinski definition) is 1. The molecule has 0 atom stereocenters. The van der Waals surface area contributed by atoms with E-state index in [1.54, 1.807) is 7.11 Å². The highest BCUT2D eigenvalue weighted by Gasteiger charge is 2.45. The molecule has 0 saturated heterocycles. The van der Waals surface area contributed by atoms with Gasteiger partial charge in [0.25, 0.3) is 0 Å². The van der Waals surface area contributed by atoms with Gasteiger partial charge in [0.2, 0.25) is 0 Å². The van der Waals surface area contributed by atoms with Gasteiger partial charge >= 0.3 is 0 Å². The quantitative estimate of drug-likeness (QED) is 0.873. The number of rotatable bonds is 2. The molecule has 0 radical (unpaired) electrons. The van der Waals surface area contributed by atoms with Crippen LogP contribution in [-0.4, -0.2) is 12.2 Å². The molecular formula is C14H19ClO2. The highest BCUT2D eigenvalue weighted by atomic mass is 35.5. The minimum Gasteiger partial charge on any atom is -0.496 e. The minimum absolute atomic E-state index is 0.0593. The molecule has 0 aromatic heterocycles. The summed E-state index contributed by atoms with van der Waals surface area (Å²) in [6.07, 6.45) is 1.57. The molecule has 1 aliphatic rings. The molecule has 0 aliphatic heterocycles. The molecule has 2 rings (SSSR count). The molecule has 1 saturated carbocycles. The molecule has 1 N–H and O–H groups in total. The summed E-state index contributed by atoms with van der Waals surface area (Å²) < 4.78 is 5.51. The van der Waals surface area contributed by atoms with E-state index < -0.39 is 5.60 Å². The summed E-state index contributed by atoms with van der Waals surface area (Å²) in [5, 5.41) is 10.9. The largest absolute Gasteiger partial charge is 0.496 e. The summed E-state index contributed by atoms with van der Waals surface area (Å²) in [5.41, 5.74) is 1.09. The van der Waals surface area contributed by atoms with Crippen molar-refractivity contribution in [2.45, 2.75) is 44.6 Å². The molecule has 1 aromatic carbocycles. The van der Waals surface area contributed by atoms with Crippen LogP contribution in [0, 0.1) is 0 Å². The van der Waals surface area contributed by atoms with Gasteiger partial charge in [0.15, 0.2) is 0 Å². The van der Waals surface area contributed by atoms with Crippen LogP contribution in [0.15, 0.2) is 12.1 Å². The Balaban J connectivity index is 2.64. The van der Waals surface area contributed by atoms with Crippen LogP contribution in [0.2, 0.25) is 5.02 Å². The van der Waals surface area contributed by atoms with Crippen LogP contribution in [-0.2, 0) is 11.0 Å². The first-order chi connectivity index (χ1) is 7.78. The standard InChI is InChI=1S/C14H19ClO2/c1-13(2,3)10-7-9(15)8-11(12(10)17-4)14(16)5-6-14/h7-8,16H,5-6H2,1-4H3. The Morgan fingerprint density at radius 2 is 1.88 bits per heavy atom. The van der Waals surface area contributed by atoms with Crippen molar-refractivity contribution in [1.82, 2.24) is 0 Å². The second-order valence-electron chi connectivity index (χ2n) is 5.82. The lowest BCUT2D eigenvalue weighted by molar-refractivity contribution is 0.147. The Morgan fingerprint density at radius 1 is 1.29 bits per heavy atom. The molecule has 94 valence electrons. The third kappa shape index (κ3) is 2.29. The van der Waals surface area contributed by atoms with E-state index in [0.29, 0.717) is 5.02 Å². The van der Waals surface area contributed by atoms with Gasteiger partial charge in [0, 0.05) is 16.1 Å². The predicted molar refractivity (Wildman–Crippen MR) is 69.8 cm³/mol. The highest BCUT2D eigenvalue weighted by molar-refractivity contribution is 6.30. The van der Waals surface area contributed by atoms with E-state index >= 15 is 0 Å². The number of hydrogen-bond acceptors (Lipinski definition) is 2. The molecule has 0 amide bonds. The van der Waals surface area contributed by atoms with Gasteiger partial charge in [-0.3, -0.25) is 0 Å². The normalized spacial score (nSPS) is 18.0. The van der Waals surface area contributed by atoms with E-state index in [-0.39, 0.29) is 5.41 Å². The highest BCUT2D eigenvalue weighted by Crippen LogP contribution is 2.51. The van der Waals surface area contributed by atoms with Gasteiger partial charge in [-0.25, -0.2) is 0 Å². The first-order valence-electron chi connectivity index (χ1n) is 5.89. The van der Waals surface area contributed by atoms with E-state index in [1.807, 2.05) is 12.1 Å². The summed E-state index contributed by atoms with van der Waals surface area (Å²) >= 11 is 6.15. The number of aliphatic hydroxyl groups is 1. The fraction of sp³-hybridized carbons (Fsp3) is 0.571. The van der Waals surface area contributed by atoms with Gasteiger partial charge < -0.3 is 9.84 Å². The van der Waals surface area contributed by atoms with Crippen molar-refractivity contribution >= 4 is 11.6 Å². The van der Waals surface area contributed by atoms with Gasteiger partial charge in [-0.15, -0.1) is 0 Å². The van der Waals surface area contributed by atoms with Crippen LogP contribution in [0.4, 0.5) is 0 Å². The van der Waals surface area contributed by atoms with Crippen molar-refractivity contribution in [2.75, 3.05) is 7.11 Å². The average Bonchev–Trinajstić information content (AvgIpc) is 2.95. The lowest BCUT2D eigenvalue weighted by Crippen LogP contribution is -2.16. The fourth-order valence-electron chi connectivity index (χ4n) is 2.10. The van der Waals surface area contributed by atoms with Crippen molar-refractivity contribution in [3.63, 3.8) is 0 Å². The second-order valence-corrected chi connectivity index (χ2v) is 6.25. The molecule has 1 aliphatic carbocycles. The molecule has 1 fully saturated rings. The topological polar surface area (TPSA) is 29.5 Å². The fourth-order valence-corrected chi connectivity index (χ4v) is 2.32. The Morgan fingerprint density at radius 3 is 2.29 bits per heavy atom. The predicted octanol–water partition coefficient (Wildman–Crippen LogP) is 3.63. The Bertz CT molecular complexity index is 416. The minimum atomic E-state index is -0.726. The van der Waals surface area contributed by atoms with E-state index in [9.17, 15) is 5.11 Å². The lowest BCUT2D eigenvalue weighted by atomic mass is 9.84. The molecule has 0 heterocycles. The summed E-state index contributed by atoms with van der Waals surface area (Å²) in [7, 11) is 1.65. The zero-order valence-corrected chi connectivity index (χ0v) is 11.6. The third-order valence-corrected chi connectivity index (χ3v) is 3.51. The maximum atomic E-state index is 10.3. The molecule has 3 heteroatoms. The van der Waals surface area contributed by atoms with E-state index in [0.717, 1.165) is 29.7 Å². The Hall–Kier alpha value is -0.730. The first kappa shape index (κ1) is 12.7. The van der Waals surface area contributed by atoms with Crippen LogP contribution < -0.4 is 4.74 Å². The van der Waals surface area contributed by atoms with E-state index in [1.165, 1.54) is 0 Å². The van der Waals surface area contributed by atoms with Crippen LogP contribution in [0.1, 0.15) is 44.7 Å². The smallest absolute Gasteiger partial charge is 0.128 e. The SMILES string of the molecule is COc1c(C(C)(C)C)cc(Cl)cc1C1(O)CC1. The van der Waals surface area contributed by atoms with Crippen LogP contribution in [0.5, 0.6) is 5.75 Å². The van der Waals surface area contributed by atoms with Gasteiger partial charge in [-0.1, -0.05) is 32.4 Å². The van der Waals surface area contributed by atoms with Crippen molar-refractivity contribution in [2.24, 2.45) is 0 Å². The van der Waals surface area contributed by atoms with Crippen LogP contribution in [0.3, 0.4) is 0 Å². The van der Waals surface area contributed by atoms with Crippen molar-refractivity contribution in [1.29, 1.82) is 0 Å². The number of halogens is 1. The number of methoxy groups -OCH3 is 1. The van der Waals surface area contributed by atoms with Gasteiger partial charge in [0.1, 0.15) is 5.75 Å².